The number of halogens is 2. The highest BCUT2D eigenvalue weighted by molar-refractivity contribution is 7.92. The summed E-state index contributed by atoms with van der Waals surface area (Å²) >= 11 is 12.9. The van der Waals surface area contributed by atoms with Gasteiger partial charge in [0, 0.05) is 28.2 Å². The molecule has 0 heterocycles. The molecule has 3 aromatic carbocycles. The standard InChI is InChI=1S/C30H35Cl2N3O5S/c1-5-21(3)33-30(37)28(6-2)34(19-25-26(31)13-10-14-27(25)32)29(36)20-35(22-15-17-23(40-4)18-16-22)41(38,39)24-11-8-7-9-12-24/h7-18,21,28H,5-6,19-20H2,1-4H3,(H,33,37)/t21-,28+/m0/s1. The van der Waals surface area contributed by atoms with Crippen molar-refractivity contribution >= 4 is 50.7 Å². The maximum atomic E-state index is 14.1. The Morgan fingerprint density at radius 1 is 0.902 bits per heavy atom. The Hall–Kier alpha value is -3.27. The van der Waals surface area contributed by atoms with Crippen LogP contribution in [-0.4, -0.2) is 50.9 Å². The van der Waals surface area contributed by atoms with Crippen molar-refractivity contribution in [2.24, 2.45) is 0 Å². The molecule has 0 aromatic heterocycles. The summed E-state index contributed by atoms with van der Waals surface area (Å²) in [5.74, 6) is -0.414. The predicted octanol–water partition coefficient (Wildman–Crippen LogP) is 5.92. The fourth-order valence-corrected chi connectivity index (χ4v) is 6.16. The number of sulfonamides is 1. The highest BCUT2D eigenvalue weighted by atomic mass is 35.5. The molecule has 0 saturated heterocycles. The minimum atomic E-state index is -4.17. The van der Waals surface area contributed by atoms with Crippen LogP contribution in [0.15, 0.2) is 77.7 Å². The van der Waals surface area contributed by atoms with E-state index in [2.05, 4.69) is 5.32 Å². The normalized spacial score (nSPS) is 12.7. The smallest absolute Gasteiger partial charge is 0.264 e. The number of hydrogen-bond donors (Lipinski definition) is 1. The Morgan fingerprint density at radius 3 is 2.05 bits per heavy atom. The highest BCUT2D eigenvalue weighted by Crippen LogP contribution is 2.29. The number of methoxy groups -OCH3 is 1. The highest BCUT2D eigenvalue weighted by Gasteiger charge is 2.34. The van der Waals surface area contributed by atoms with Crippen molar-refractivity contribution < 1.29 is 22.7 Å². The molecule has 0 aliphatic carbocycles. The van der Waals surface area contributed by atoms with Crippen LogP contribution in [0.4, 0.5) is 5.69 Å². The second kappa shape index (κ2) is 14.6. The lowest BCUT2D eigenvalue weighted by atomic mass is 10.1. The largest absolute Gasteiger partial charge is 0.497 e. The second-order valence-corrected chi connectivity index (χ2v) is 12.2. The maximum absolute atomic E-state index is 14.1. The number of amides is 2. The molecule has 41 heavy (non-hydrogen) atoms. The number of nitrogens with one attached hydrogen (secondary N) is 1. The molecule has 0 unspecified atom stereocenters. The van der Waals surface area contributed by atoms with Gasteiger partial charge in [-0.2, -0.15) is 0 Å². The van der Waals surface area contributed by atoms with E-state index < -0.39 is 28.5 Å². The van der Waals surface area contributed by atoms with E-state index in [9.17, 15) is 18.0 Å². The average molecular weight is 621 g/mol. The molecule has 11 heteroatoms. The van der Waals surface area contributed by atoms with Crippen molar-refractivity contribution in [3.8, 4) is 5.75 Å². The van der Waals surface area contributed by atoms with Gasteiger partial charge in [0.2, 0.25) is 11.8 Å². The van der Waals surface area contributed by atoms with Crippen LogP contribution in [0.1, 0.15) is 39.2 Å². The van der Waals surface area contributed by atoms with E-state index in [1.165, 1.54) is 24.1 Å². The van der Waals surface area contributed by atoms with Crippen molar-refractivity contribution in [2.75, 3.05) is 18.0 Å². The molecule has 0 aliphatic rings. The minimum absolute atomic E-state index is 0.0193. The van der Waals surface area contributed by atoms with Gasteiger partial charge in [-0.25, -0.2) is 8.42 Å². The van der Waals surface area contributed by atoms with E-state index in [0.717, 1.165) is 4.31 Å². The SMILES string of the molecule is CC[C@H](C(=O)N[C@@H](C)CC)N(Cc1c(Cl)cccc1Cl)C(=O)CN(c1ccc(OC)cc1)S(=O)(=O)c1ccccc1. The van der Waals surface area contributed by atoms with Crippen LogP contribution in [0.3, 0.4) is 0 Å². The van der Waals surface area contributed by atoms with Gasteiger partial charge in [0.1, 0.15) is 18.3 Å². The average Bonchev–Trinajstić information content (AvgIpc) is 2.97. The first-order valence-electron chi connectivity index (χ1n) is 13.3. The number of anilines is 1. The zero-order chi connectivity index (χ0) is 30.2. The Labute approximate surface area is 252 Å². The van der Waals surface area contributed by atoms with Crippen LogP contribution in [0.5, 0.6) is 5.75 Å². The predicted molar refractivity (Wildman–Crippen MR) is 163 cm³/mol. The number of ether oxygens (including phenoxy) is 1. The topological polar surface area (TPSA) is 96.0 Å². The van der Waals surface area contributed by atoms with Crippen LogP contribution < -0.4 is 14.4 Å². The molecule has 0 aliphatic heterocycles. The third kappa shape index (κ3) is 7.93. The van der Waals surface area contributed by atoms with Gasteiger partial charge in [-0.1, -0.05) is 61.3 Å². The van der Waals surface area contributed by atoms with E-state index in [-0.39, 0.29) is 35.5 Å². The molecule has 2 atom stereocenters. The molecular weight excluding hydrogens is 585 g/mol. The first-order chi connectivity index (χ1) is 19.5. The first-order valence-corrected chi connectivity index (χ1v) is 15.5. The van der Waals surface area contributed by atoms with Gasteiger partial charge < -0.3 is 15.0 Å². The first kappa shape index (κ1) is 32.2. The summed E-state index contributed by atoms with van der Waals surface area (Å²) in [6.07, 6.45) is 0.983. The van der Waals surface area contributed by atoms with E-state index in [0.29, 0.717) is 27.8 Å². The molecule has 0 spiro atoms. The molecule has 0 radical (unpaired) electrons. The molecule has 220 valence electrons. The molecule has 1 N–H and O–H groups in total. The van der Waals surface area contributed by atoms with Crippen molar-refractivity contribution in [3.63, 3.8) is 0 Å². The Kier molecular flexibility index (Phi) is 11.5. The Bertz CT molecular complexity index is 1420. The second-order valence-electron chi connectivity index (χ2n) is 9.49. The zero-order valence-electron chi connectivity index (χ0n) is 23.5. The van der Waals surface area contributed by atoms with Gasteiger partial charge in [0.15, 0.2) is 0 Å². The number of carbonyl (C=O) groups is 2. The lowest BCUT2D eigenvalue weighted by Crippen LogP contribution is -2.53. The lowest BCUT2D eigenvalue weighted by Gasteiger charge is -2.34. The third-order valence-electron chi connectivity index (χ3n) is 6.75. The number of carbonyl (C=O) groups excluding carboxylic acids is 2. The number of rotatable bonds is 13. The molecule has 3 aromatic rings. The molecule has 3 rings (SSSR count). The Balaban J connectivity index is 2.09. The summed E-state index contributed by atoms with van der Waals surface area (Å²) in [7, 11) is -2.67. The van der Waals surface area contributed by atoms with E-state index in [1.54, 1.807) is 67.6 Å². The number of nitrogens with zero attached hydrogens (tertiary/aromatic N) is 2. The third-order valence-corrected chi connectivity index (χ3v) is 9.24. The zero-order valence-corrected chi connectivity index (χ0v) is 25.8. The van der Waals surface area contributed by atoms with Gasteiger partial charge in [0.05, 0.1) is 17.7 Å². The van der Waals surface area contributed by atoms with Crippen molar-refractivity contribution in [3.05, 3.63) is 88.4 Å². The van der Waals surface area contributed by atoms with Gasteiger partial charge in [-0.05, 0) is 68.3 Å². The summed E-state index contributed by atoms with van der Waals surface area (Å²) in [5, 5.41) is 3.60. The van der Waals surface area contributed by atoms with Gasteiger partial charge >= 0.3 is 0 Å². The van der Waals surface area contributed by atoms with Gasteiger partial charge in [-0.3, -0.25) is 13.9 Å². The lowest BCUT2D eigenvalue weighted by molar-refractivity contribution is -0.140. The van der Waals surface area contributed by atoms with Crippen LogP contribution in [-0.2, 0) is 26.2 Å². The molecule has 2 amide bonds. The summed E-state index contributed by atoms with van der Waals surface area (Å²) < 4.78 is 34.0. The summed E-state index contributed by atoms with van der Waals surface area (Å²) in [6.45, 7) is 4.95. The summed E-state index contributed by atoms with van der Waals surface area (Å²) in [6, 6.07) is 18.2. The van der Waals surface area contributed by atoms with E-state index >= 15 is 0 Å². The van der Waals surface area contributed by atoms with Gasteiger partial charge in [0.25, 0.3) is 10.0 Å². The number of hydrogen-bond acceptors (Lipinski definition) is 5. The van der Waals surface area contributed by atoms with Gasteiger partial charge in [-0.15, -0.1) is 0 Å². The number of benzene rings is 3. The molecule has 0 bridgehead atoms. The quantitative estimate of drug-likeness (QED) is 0.256. The van der Waals surface area contributed by atoms with Crippen LogP contribution in [0.25, 0.3) is 0 Å². The molecular formula is C30H35Cl2N3O5S. The van der Waals surface area contributed by atoms with Crippen LogP contribution in [0.2, 0.25) is 10.0 Å². The van der Waals surface area contributed by atoms with Crippen LogP contribution >= 0.6 is 23.2 Å². The van der Waals surface area contributed by atoms with Crippen LogP contribution in [0, 0.1) is 0 Å². The monoisotopic (exact) mass is 619 g/mol. The van der Waals surface area contributed by atoms with E-state index in [1.807, 2.05) is 13.8 Å². The van der Waals surface area contributed by atoms with E-state index in [4.69, 9.17) is 27.9 Å². The van der Waals surface area contributed by atoms with Crippen molar-refractivity contribution in [2.45, 2.75) is 57.1 Å². The molecule has 0 fully saturated rings. The maximum Gasteiger partial charge on any atom is 0.264 e. The Morgan fingerprint density at radius 2 is 1.51 bits per heavy atom. The van der Waals surface area contributed by atoms with Crippen molar-refractivity contribution in [1.82, 2.24) is 10.2 Å². The van der Waals surface area contributed by atoms with Crippen molar-refractivity contribution in [1.29, 1.82) is 0 Å². The minimum Gasteiger partial charge on any atom is -0.497 e. The fraction of sp³-hybridized carbons (Fsp3) is 0.333. The summed E-state index contributed by atoms with van der Waals surface area (Å²) in [5.41, 5.74) is 0.719. The summed E-state index contributed by atoms with van der Waals surface area (Å²) in [4.78, 5) is 28.9. The fourth-order valence-electron chi connectivity index (χ4n) is 4.21. The molecule has 0 saturated carbocycles. The molecule has 8 nitrogen and oxygen atoms in total.